The Labute approximate surface area is 407 Å². The van der Waals surface area contributed by atoms with Gasteiger partial charge in [0.1, 0.15) is 23.0 Å². The lowest BCUT2D eigenvalue weighted by Crippen LogP contribution is -2.36. The Hall–Kier alpha value is -5.60. The van der Waals surface area contributed by atoms with E-state index in [1.807, 2.05) is 56.0 Å². The molecule has 71 heavy (non-hydrogen) atoms. The molecular weight excluding hydrogens is 993 g/mol. The fourth-order valence-corrected chi connectivity index (χ4v) is 10.1. The summed E-state index contributed by atoms with van der Waals surface area (Å²) in [5.41, 5.74) is 0.280. The Morgan fingerprint density at radius 3 is 2.18 bits per heavy atom. The summed E-state index contributed by atoms with van der Waals surface area (Å²) in [6, 6.07) is 15.0. The van der Waals surface area contributed by atoms with Crippen LogP contribution in [0.2, 0.25) is 0 Å². The van der Waals surface area contributed by atoms with E-state index in [1.54, 1.807) is 25.2 Å². The van der Waals surface area contributed by atoms with Gasteiger partial charge in [-0.1, -0.05) is 52.5 Å². The third-order valence-electron chi connectivity index (χ3n) is 10.4. The van der Waals surface area contributed by atoms with Crippen LogP contribution in [-0.4, -0.2) is 122 Å². The SMILES string of the molecule is CC.CCN(CC)CC.CN=c1ccc2c(-c3ccc(C(=O)NCC#Cc4cn([C@@H]5O[C@H](COP(=O)(O)OP(=O)(O)OP(=O)(O)O)C[C@H]5O)c(=O)[nH]c4=O)cc3C(=O)O)c3ccc(N(C)C)cc3oc-2c1. The number of aliphatic hydroxyl groups excluding tert-OH is 1. The molecule has 0 saturated carbocycles. The summed E-state index contributed by atoms with van der Waals surface area (Å²) < 4.78 is 58.8. The second-order valence-electron chi connectivity index (χ2n) is 15.2. The van der Waals surface area contributed by atoms with Gasteiger partial charge in [-0.2, -0.15) is 8.62 Å². The first kappa shape index (κ1) is 58.0. The number of benzene rings is 3. The highest BCUT2D eigenvalue weighted by Gasteiger charge is 2.43. The molecule has 2 unspecified atom stereocenters. The molecule has 3 aromatic rings. The van der Waals surface area contributed by atoms with Crippen LogP contribution in [0.3, 0.4) is 0 Å². The van der Waals surface area contributed by atoms with E-state index in [0.29, 0.717) is 38.8 Å². The highest BCUT2D eigenvalue weighted by molar-refractivity contribution is 7.66. The van der Waals surface area contributed by atoms with E-state index in [4.69, 9.17) is 18.9 Å². The number of aliphatic hydroxyl groups is 1. The van der Waals surface area contributed by atoms with Gasteiger partial charge in [0.2, 0.25) is 0 Å². The highest BCUT2D eigenvalue weighted by Crippen LogP contribution is 2.66. The number of fused-ring (bicyclic) bond motifs is 2. The Balaban J connectivity index is 0.00000112. The number of anilines is 1. The van der Waals surface area contributed by atoms with Gasteiger partial charge in [0.25, 0.3) is 11.5 Å². The number of hydrogen-bond donors (Lipinski definition) is 8. The number of amides is 1. The molecular formula is C44H57N6O18P3. The summed E-state index contributed by atoms with van der Waals surface area (Å²) in [4.78, 5) is 98.0. The second-order valence-corrected chi connectivity index (χ2v) is 19.6. The van der Waals surface area contributed by atoms with E-state index in [0.717, 1.165) is 16.5 Å². The minimum absolute atomic E-state index is 0.0228. The average Bonchev–Trinajstić information content (AvgIpc) is 3.68. The molecule has 2 aliphatic heterocycles. The normalized spacial score (nSPS) is 17.5. The molecule has 27 heteroatoms. The van der Waals surface area contributed by atoms with E-state index < -0.39 is 71.6 Å². The molecule has 0 spiro atoms. The molecule has 0 radical (unpaired) electrons. The lowest BCUT2D eigenvalue weighted by molar-refractivity contribution is -0.0524. The van der Waals surface area contributed by atoms with E-state index in [2.05, 4.69) is 61.0 Å². The number of rotatable bonds is 16. The van der Waals surface area contributed by atoms with Gasteiger partial charge in [-0.25, -0.2) is 23.3 Å². The van der Waals surface area contributed by atoms with Crippen LogP contribution in [0.15, 0.2) is 79.8 Å². The van der Waals surface area contributed by atoms with Crippen LogP contribution in [-0.2, 0) is 31.6 Å². The van der Waals surface area contributed by atoms with Crippen LogP contribution in [0.25, 0.3) is 33.4 Å². The van der Waals surface area contributed by atoms with Crippen molar-refractivity contribution in [3.05, 3.63) is 104 Å². The van der Waals surface area contributed by atoms with Crippen molar-refractivity contribution in [1.29, 1.82) is 0 Å². The standard InChI is InChI=1S/C36H36N5O18P3.C6H15N.C2H6/c1-37-21-7-10-25-29(14-21)57-30-15-22(40(2)3)8-11-26(30)31(25)24-9-6-19(13-27(24)35(45)46)32(43)38-12-4-5-20-17-41(36(47)39-33(20)44)34-28(42)16-23(56-34)18-55-61(51,52)59-62(53,54)58-60(48,49)50;1-4-7(5-2)6-3;1-2/h6-11,13-15,17,23,28,34,42H,12,16,18H2,1-3H3,(H,38,43)(H,45,46)(H,51,52)(H,53,54)(H,39,44,47)(H2,48,49,50);4-6H2,1-3H3;1-2H3/t23-,28+,34+;;/m0../s1. The summed E-state index contributed by atoms with van der Waals surface area (Å²) in [6.07, 6.45) is -3.71. The first-order valence-electron chi connectivity index (χ1n) is 21.8. The summed E-state index contributed by atoms with van der Waals surface area (Å²) >= 11 is 0. The highest BCUT2D eigenvalue weighted by atomic mass is 31.3. The summed E-state index contributed by atoms with van der Waals surface area (Å²) in [6.45, 7) is 12.9. The van der Waals surface area contributed by atoms with Crippen LogP contribution in [0.4, 0.5) is 5.69 Å². The Morgan fingerprint density at radius 2 is 1.59 bits per heavy atom. The van der Waals surface area contributed by atoms with E-state index in [-0.39, 0.29) is 29.7 Å². The smallest absolute Gasteiger partial charge is 0.478 e. The molecule has 5 atom stereocenters. The molecule has 1 saturated heterocycles. The number of aromatic carboxylic acids is 1. The molecule has 1 aromatic heterocycles. The first-order chi connectivity index (χ1) is 33.4. The zero-order valence-corrected chi connectivity index (χ0v) is 42.6. The Morgan fingerprint density at radius 1 is 0.930 bits per heavy atom. The van der Waals surface area contributed by atoms with Crippen molar-refractivity contribution in [2.75, 3.05) is 58.8 Å². The molecule has 3 heterocycles. The summed E-state index contributed by atoms with van der Waals surface area (Å²) in [5, 5.41) is 24.7. The zero-order chi connectivity index (χ0) is 53.0. The molecule has 24 nitrogen and oxygen atoms in total. The molecule has 2 aromatic carbocycles. The fraction of sp³-hybridized carbons (Fsp3) is 0.386. The molecule has 8 N–H and O–H groups in total. The number of aromatic amines is 1. The predicted octanol–water partition coefficient (Wildman–Crippen LogP) is 4.50. The number of H-pyrrole nitrogens is 1. The van der Waals surface area contributed by atoms with Gasteiger partial charge in [-0.3, -0.25) is 28.7 Å². The first-order valence-corrected chi connectivity index (χ1v) is 26.4. The van der Waals surface area contributed by atoms with Gasteiger partial charge in [-0.05, 0) is 61.6 Å². The van der Waals surface area contributed by atoms with Gasteiger partial charge in [0.15, 0.2) is 6.23 Å². The predicted molar refractivity (Wildman–Crippen MR) is 261 cm³/mol. The van der Waals surface area contributed by atoms with Crippen LogP contribution >= 0.6 is 23.5 Å². The van der Waals surface area contributed by atoms with Crippen molar-refractivity contribution in [2.45, 2.75) is 59.5 Å². The minimum atomic E-state index is -5.79. The number of carboxylic acids is 1. The van der Waals surface area contributed by atoms with Crippen LogP contribution in [0.1, 0.15) is 73.5 Å². The molecule has 1 amide bonds. The van der Waals surface area contributed by atoms with Crippen molar-refractivity contribution in [2.24, 2.45) is 4.99 Å². The topological polar surface area (TPSA) is 343 Å². The maximum atomic E-state index is 13.2. The maximum absolute atomic E-state index is 13.2. The lowest BCUT2D eigenvalue weighted by atomic mass is 9.89. The number of hydrogen-bond acceptors (Lipinski definition) is 16. The molecule has 386 valence electrons. The van der Waals surface area contributed by atoms with Crippen molar-refractivity contribution in [1.82, 2.24) is 19.8 Å². The van der Waals surface area contributed by atoms with Gasteiger partial charge in [0.05, 0.1) is 30.2 Å². The number of phosphoric ester groups is 1. The number of phosphoric acid groups is 3. The van der Waals surface area contributed by atoms with Gasteiger partial charge in [-0.15, -0.1) is 0 Å². The number of ether oxygens (including phenoxy) is 1. The molecule has 6 rings (SSSR count). The molecule has 3 aliphatic rings. The van der Waals surface area contributed by atoms with Crippen molar-refractivity contribution < 1.29 is 75.4 Å². The zero-order valence-electron chi connectivity index (χ0n) is 40.0. The number of carbonyl (C=O) groups is 2. The van der Waals surface area contributed by atoms with Crippen molar-refractivity contribution in [3.63, 3.8) is 0 Å². The van der Waals surface area contributed by atoms with E-state index in [1.165, 1.54) is 37.8 Å². The number of carbonyl (C=O) groups excluding carboxylic acids is 1. The number of carboxylic acid groups (broad SMARTS) is 1. The van der Waals surface area contributed by atoms with Crippen molar-refractivity contribution in [3.8, 4) is 34.3 Å². The van der Waals surface area contributed by atoms with E-state index >= 15 is 0 Å². The third-order valence-corrected chi connectivity index (χ3v) is 14.2. The minimum Gasteiger partial charge on any atom is -0.478 e. The molecule has 1 aliphatic carbocycles. The third kappa shape index (κ3) is 15.7. The quantitative estimate of drug-likeness (QED) is 0.0383. The summed E-state index contributed by atoms with van der Waals surface area (Å²) in [7, 11) is -11.6. The van der Waals surface area contributed by atoms with E-state index in [9.17, 15) is 52.9 Å². The second kappa shape index (κ2) is 25.2. The number of nitrogens with zero attached hydrogens (tertiary/aromatic N) is 4. The van der Waals surface area contributed by atoms with Gasteiger partial charge in [0, 0.05) is 73.7 Å². The lowest BCUT2D eigenvalue weighted by Gasteiger charge is -2.19. The van der Waals surface area contributed by atoms with Crippen LogP contribution in [0, 0.1) is 11.8 Å². The number of nitrogens with one attached hydrogen (secondary N) is 2. The monoisotopic (exact) mass is 1050 g/mol. The van der Waals surface area contributed by atoms with Crippen molar-refractivity contribution >= 4 is 52.0 Å². The molecule has 0 bridgehead atoms. The maximum Gasteiger partial charge on any atom is 0.490 e. The van der Waals surface area contributed by atoms with Crippen LogP contribution < -0.4 is 26.8 Å². The fourth-order valence-electron chi connectivity index (χ4n) is 7.02. The van der Waals surface area contributed by atoms with Crippen LogP contribution in [0.5, 0.6) is 0 Å². The Bertz CT molecular complexity index is 3070. The Kier molecular flexibility index (Phi) is 20.6. The molecule has 1 fully saturated rings. The average molecular weight is 1050 g/mol. The number of aromatic nitrogens is 2. The summed E-state index contributed by atoms with van der Waals surface area (Å²) in [5.74, 6) is 3.48. The van der Waals surface area contributed by atoms with Gasteiger partial charge < -0.3 is 54.1 Å². The largest absolute Gasteiger partial charge is 0.490 e. The van der Waals surface area contributed by atoms with Gasteiger partial charge >= 0.3 is 35.1 Å².